The highest BCUT2D eigenvalue weighted by Crippen LogP contribution is 2.31. The van der Waals surface area contributed by atoms with E-state index in [-0.39, 0.29) is 16.0 Å². The van der Waals surface area contributed by atoms with Crippen molar-refractivity contribution in [3.63, 3.8) is 0 Å². The first-order chi connectivity index (χ1) is 9.54. The molecule has 0 atom stereocenters. The first kappa shape index (κ1) is 15.7. The smallest absolute Gasteiger partial charge is 0.296 e. The van der Waals surface area contributed by atoms with Crippen LogP contribution in [0.2, 0.25) is 0 Å². The summed E-state index contributed by atoms with van der Waals surface area (Å²) >= 11 is 0. The van der Waals surface area contributed by atoms with Crippen LogP contribution in [0.3, 0.4) is 0 Å². The van der Waals surface area contributed by atoms with Gasteiger partial charge >= 0.3 is 0 Å². The molecule has 0 saturated heterocycles. The molecule has 0 aromatic heterocycles. The lowest BCUT2D eigenvalue weighted by Crippen LogP contribution is -2.12. The molecule has 0 spiro atoms. The molecule has 0 radical (unpaired) electrons. The fourth-order valence-electron chi connectivity index (χ4n) is 2.02. The first-order valence-electron chi connectivity index (χ1n) is 5.54. The number of benzene rings is 2. The second kappa shape index (κ2) is 4.93. The van der Waals surface area contributed by atoms with Crippen LogP contribution in [0, 0.1) is 6.92 Å². The maximum absolute atomic E-state index is 11.3. The van der Waals surface area contributed by atoms with Crippen LogP contribution in [0.4, 0.5) is 5.69 Å². The quantitative estimate of drug-likeness (QED) is 0.369. The molecule has 0 aliphatic rings. The van der Waals surface area contributed by atoms with E-state index < -0.39 is 25.1 Å². The molecule has 114 valence electrons. The normalized spacial score (nSPS) is 12.6. The summed E-state index contributed by atoms with van der Waals surface area (Å²) in [4.78, 5) is -0.869. The highest BCUT2D eigenvalue weighted by Gasteiger charge is 2.19. The number of aryl methyl sites for hydroxylation is 1. The first-order valence-corrected chi connectivity index (χ1v) is 8.42. The van der Waals surface area contributed by atoms with E-state index in [1.54, 1.807) is 6.92 Å². The summed E-state index contributed by atoms with van der Waals surface area (Å²) in [5.74, 6) is 5.23. The van der Waals surface area contributed by atoms with Crippen molar-refractivity contribution in [2.24, 2.45) is 5.84 Å². The maximum Gasteiger partial charge on any atom is 0.296 e. The molecule has 21 heavy (non-hydrogen) atoms. The largest absolute Gasteiger partial charge is 0.323 e. The van der Waals surface area contributed by atoms with Crippen LogP contribution in [-0.4, -0.2) is 25.9 Å². The highest BCUT2D eigenvalue weighted by atomic mass is 32.2. The summed E-state index contributed by atoms with van der Waals surface area (Å²) in [7, 11) is -8.99. The molecule has 0 fully saturated rings. The van der Waals surface area contributed by atoms with Crippen molar-refractivity contribution in [3.05, 3.63) is 29.8 Å². The number of hydrazine groups is 1. The Kier molecular flexibility index (Phi) is 3.68. The van der Waals surface area contributed by atoms with Crippen molar-refractivity contribution in [1.29, 1.82) is 0 Å². The second-order valence-electron chi connectivity index (χ2n) is 4.40. The SMILES string of the molecule is Cc1cc(S(=O)(=O)O)cc2cc(S(=O)(=O)O)c(NN)cc12. The third-order valence-corrected chi connectivity index (χ3v) is 4.69. The van der Waals surface area contributed by atoms with Crippen LogP contribution in [0.25, 0.3) is 10.8 Å². The molecule has 0 amide bonds. The summed E-state index contributed by atoms with van der Waals surface area (Å²) in [5.41, 5.74) is 2.61. The van der Waals surface area contributed by atoms with E-state index in [4.69, 9.17) is 14.9 Å². The van der Waals surface area contributed by atoms with E-state index in [0.717, 1.165) is 12.1 Å². The fraction of sp³-hybridized carbons (Fsp3) is 0.0909. The predicted octanol–water partition coefficient (Wildman–Crippen LogP) is 0.927. The van der Waals surface area contributed by atoms with Crippen LogP contribution in [0.5, 0.6) is 0 Å². The van der Waals surface area contributed by atoms with E-state index in [1.165, 1.54) is 12.1 Å². The van der Waals surface area contributed by atoms with Gasteiger partial charge in [0.25, 0.3) is 20.2 Å². The average molecular weight is 332 g/mol. The van der Waals surface area contributed by atoms with Crippen molar-refractivity contribution >= 4 is 36.7 Å². The third kappa shape index (κ3) is 2.99. The number of hydrogen-bond acceptors (Lipinski definition) is 6. The van der Waals surface area contributed by atoms with Gasteiger partial charge in [-0.3, -0.25) is 14.9 Å². The lowest BCUT2D eigenvalue weighted by molar-refractivity contribution is 0.481. The van der Waals surface area contributed by atoms with Crippen molar-refractivity contribution in [2.45, 2.75) is 16.7 Å². The van der Waals surface area contributed by atoms with Crippen LogP contribution in [0.15, 0.2) is 34.1 Å². The monoisotopic (exact) mass is 332 g/mol. The summed E-state index contributed by atoms with van der Waals surface area (Å²) in [5, 5.41) is 0.733. The zero-order chi connectivity index (χ0) is 16.0. The standard InChI is InChI=1S/C11H12N2O6S2/c1-6-2-8(20(14,15)16)3-7-4-11(21(17,18)19)10(13-12)5-9(6)7/h2-5,13H,12H2,1H3,(H,14,15,16)(H,17,18,19). The van der Waals surface area contributed by atoms with Crippen molar-refractivity contribution < 1.29 is 25.9 Å². The van der Waals surface area contributed by atoms with Gasteiger partial charge in [0, 0.05) is 0 Å². The van der Waals surface area contributed by atoms with Gasteiger partial charge in [0.15, 0.2) is 0 Å². The van der Waals surface area contributed by atoms with Crippen molar-refractivity contribution in [1.82, 2.24) is 0 Å². The molecule has 0 unspecified atom stereocenters. The van der Waals surface area contributed by atoms with Gasteiger partial charge in [-0.15, -0.1) is 0 Å². The molecule has 2 aromatic rings. The van der Waals surface area contributed by atoms with Crippen molar-refractivity contribution in [2.75, 3.05) is 5.43 Å². The zero-order valence-electron chi connectivity index (χ0n) is 10.7. The van der Waals surface area contributed by atoms with Gasteiger partial charge in [-0.25, -0.2) is 0 Å². The minimum atomic E-state index is -4.55. The van der Waals surface area contributed by atoms with E-state index in [1.807, 2.05) is 0 Å². The average Bonchev–Trinajstić information content (AvgIpc) is 2.35. The Balaban J connectivity index is 2.93. The Hall–Kier alpha value is -1.72. The number of nitrogen functional groups attached to an aromatic ring is 1. The second-order valence-corrected chi connectivity index (χ2v) is 7.22. The fourth-order valence-corrected chi connectivity index (χ4v) is 3.29. The van der Waals surface area contributed by atoms with Crippen LogP contribution >= 0.6 is 0 Å². The molecule has 0 saturated carbocycles. The number of fused-ring (bicyclic) bond motifs is 1. The number of anilines is 1. The molecule has 0 aliphatic heterocycles. The molecule has 8 nitrogen and oxygen atoms in total. The number of hydrogen-bond donors (Lipinski definition) is 4. The lowest BCUT2D eigenvalue weighted by Gasteiger charge is -2.11. The minimum Gasteiger partial charge on any atom is -0.323 e. The van der Waals surface area contributed by atoms with Gasteiger partial charge < -0.3 is 5.43 Å². The number of rotatable bonds is 3. The van der Waals surface area contributed by atoms with Gasteiger partial charge in [-0.2, -0.15) is 16.8 Å². The van der Waals surface area contributed by atoms with Crippen LogP contribution in [-0.2, 0) is 20.2 Å². The predicted molar refractivity (Wildman–Crippen MR) is 76.1 cm³/mol. The Morgan fingerprint density at radius 2 is 1.62 bits per heavy atom. The minimum absolute atomic E-state index is 0.0345. The molecule has 0 heterocycles. The van der Waals surface area contributed by atoms with E-state index in [2.05, 4.69) is 5.43 Å². The zero-order valence-corrected chi connectivity index (χ0v) is 12.4. The summed E-state index contributed by atoms with van der Waals surface area (Å²) in [6.07, 6.45) is 0. The Labute approximate surface area is 121 Å². The van der Waals surface area contributed by atoms with Gasteiger partial charge in [0.05, 0.1) is 10.6 Å². The van der Waals surface area contributed by atoms with Gasteiger partial charge in [0.1, 0.15) is 4.90 Å². The van der Waals surface area contributed by atoms with Crippen molar-refractivity contribution in [3.8, 4) is 0 Å². The topological polar surface area (TPSA) is 147 Å². The Morgan fingerprint density at radius 1 is 1.00 bits per heavy atom. The van der Waals surface area contributed by atoms with Gasteiger partial charge in [-0.05, 0) is 47.5 Å². The van der Waals surface area contributed by atoms with E-state index >= 15 is 0 Å². The molecular formula is C11H12N2O6S2. The van der Waals surface area contributed by atoms with E-state index in [9.17, 15) is 16.8 Å². The summed E-state index contributed by atoms with van der Waals surface area (Å²) in [6, 6.07) is 4.78. The Bertz CT molecular complexity index is 935. The molecule has 10 heteroatoms. The molecule has 2 rings (SSSR count). The van der Waals surface area contributed by atoms with Crippen LogP contribution < -0.4 is 11.3 Å². The molecule has 5 N–H and O–H groups in total. The maximum atomic E-state index is 11.3. The highest BCUT2D eigenvalue weighted by molar-refractivity contribution is 7.86. The number of nitrogens with two attached hydrogens (primary N) is 1. The van der Waals surface area contributed by atoms with E-state index in [0.29, 0.717) is 10.9 Å². The molecule has 0 bridgehead atoms. The Morgan fingerprint density at radius 3 is 2.10 bits per heavy atom. The number of nitrogens with one attached hydrogen (secondary N) is 1. The molecule has 2 aromatic carbocycles. The van der Waals surface area contributed by atoms with Crippen LogP contribution in [0.1, 0.15) is 5.56 Å². The van der Waals surface area contributed by atoms with Gasteiger partial charge in [-0.1, -0.05) is 0 Å². The third-order valence-electron chi connectivity index (χ3n) is 2.96. The van der Waals surface area contributed by atoms with Gasteiger partial charge in [0.2, 0.25) is 0 Å². The summed E-state index contributed by atoms with van der Waals surface area (Å²) in [6.45, 7) is 1.59. The lowest BCUT2D eigenvalue weighted by atomic mass is 10.0. The molecule has 0 aliphatic carbocycles. The molecular weight excluding hydrogens is 320 g/mol. The summed E-state index contributed by atoms with van der Waals surface area (Å²) < 4.78 is 63.3.